The lowest BCUT2D eigenvalue weighted by Gasteiger charge is -2.07. The van der Waals surface area contributed by atoms with E-state index in [4.69, 9.17) is 5.11 Å². The predicted octanol–water partition coefficient (Wildman–Crippen LogP) is 1.67. The molecule has 2 rings (SSSR count). The quantitative estimate of drug-likeness (QED) is 0.828. The van der Waals surface area contributed by atoms with Crippen molar-refractivity contribution in [2.75, 3.05) is 13.2 Å². The number of aliphatic hydroxyl groups is 1. The number of amides is 1. The van der Waals surface area contributed by atoms with E-state index in [0.29, 0.717) is 19.4 Å². The number of rotatable bonds is 6. The molecule has 4 heteroatoms. The van der Waals surface area contributed by atoms with Crippen LogP contribution in [0.1, 0.15) is 18.4 Å². The zero-order valence-electron chi connectivity index (χ0n) is 10.8. The number of para-hydroxylation sites is 1. The van der Waals surface area contributed by atoms with E-state index in [2.05, 4.69) is 10.3 Å². The molecule has 100 valence electrons. The van der Waals surface area contributed by atoms with E-state index in [1.165, 1.54) is 0 Å². The van der Waals surface area contributed by atoms with E-state index in [1.807, 2.05) is 30.3 Å². The molecule has 0 saturated heterocycles. The largest absolute Gasteiger partial charge is 0.396 e. The van der Waals surface area contributed by atoms with Gasteiger partial charge in [-0.25, -0.2) is 0 Å². The summed E-state index contributed by atoms with van der Waals surface area (Å²) in [7, 11) is 0. The van der Waals surface area contributed by atoms with Crippen molar-refractivity contribution in [1.82, 2.24) is 10.3 Å². The predicted molar refractivity (Wildman–Crippen MR) is 74.8 cm³/mol. The number of nitrogens with zero attached hydrogens (tertiary/aromatic N) is 1. The van der Waals surface area contributed by atoms with Gasteiger partial charge in [-0.1, -0.05) is 24.3 Å². The first kappa shape index (κ1) is 13.5. The van der Waals surface area contributed by atoms with E-state index >= 15 is 0 Å². The number of hydrogen-bond donors (Lipinski definition) is 2. The third-order valence-corrected chi connectivity index (χ3v) is 2.99. The van der Waals surface area contributed by atoms with Crippen molar-refractivity contribution in [2.45, 2.75) is 19.3 Å². The Hall–Kier alpha value is -1.94. The van der Waals surface area contributed by atoms with Gasteiger partial charge in [-0.3, -0.25) is 9.78 Å². The van der Waals surface area contributed by atoms with Crippen LogP contribution in [-0.4, -0.2) is 29.1 Å². The summed E-state index contributed by atoms with van der Waals surface area (Å²) in [5.74, 6) is -0.0118. The highest BCUT2D eigenvalue weighted by Crippen LogP contribution is 2.15. The molecule has 19 heavy (non-hydrogen) atoms. The van der Waals surface area contributed by atoms with Crippen LogP contribution in [0.25, 0.3) is 10.9 Å². The first-order valence-electron chi connectivity index (χ1n) is 6.51. The molecular formula is C15H18N2O2. The number of aromatic nitrogens is 1. The third kappa shape index (κ3) is 3.76. The van der Waals surface area contributed by atoms with Crippen molar-refractivity contribution < 1.29 is 9.90 Å². The third-order valence-electron chi connectivity index (χ3n) is 2.99. The van der Waals surface area contributed by atoms with Crippen molar-refractivity contribution in [3.63, 3.8) is 0 Å². The van der Waals surface area contributed by atoms with Gasteiger partial charge in [0.15, 0.2) is 0 Å². The second kappa shape index (κ2) is 6.85. The SMILES string of the molecule is O=C(CCCO)NCCc1cccc2cccnc12. The summed E-state index contributed by atoms with van der Waals surface area (Å²) < 4.78 is 0. The highest BCUT2D eigenvalue weighted by Gasteiger charge is 2.03. The molecule has 2 aromatic rings. The molecule has 1 amide bonds. The molecule has 0 aliphatic carbocycles. The lowest BCUT2D eigenvalue weighted by Crippen LogP contribution is -2.25. The van der Waals surface area contributed by atoms with Crippen LogP contribution in [0.15, 0.2) is 36.5 Å². The Morgan fingerprint density at radius 3 is 2.95 bits per heavy atom. The van der Waals surface area contributed by atoms with Gasteiger partial charge in [0.2, 0.25) is 5.91 Å². The van der Waals surface area contributed by atoms with Gasteiger partial charge in [-0.05, 0) is 24.5 Å². The molecule has 0 fully saturated rings. The van der Waals surface area contributed by atoms with Crippen molar-refractivity contribution >= 4 is 16.8 Å². The minimum absolute atomic E-state index is 0.0118. The lowest BCUT2D eigenvalue weighted by molar-refractivity contribution is -0.121. The Morgan fingerprint density at radius 2 is 2.11 bits per heavy atom. The fraction of sp³-hybridized carbons (Fsp3) is 0.333. The maximum Gasteiger partial charge on any atom is 0.220 e. The summed E-state index contributed by atoms with van der Waals surface area (Å²) in [5.41, 5.74) is 2.13. The topological polar surface area (TPSA) is 62.2 Å². The molecule has 1 aromatic heterocycles. The van der Waals surface area contributed by atoms with Crippen LogP contribution in [0.3, 0.4) is 0 Å². The standard InChI is InChI=1S/C15H18N2O2/c18-11-3-7-14(19)16-10-8-13-5-1-4-12-6-2-9-17-15(12)13/h1-2,4-6,9,18H,3,7-8,10-11H2,(H,16,19). The van der Waals surface area contributed by atoms with Crippen LogP contribution >= 0.6 is 0 Å². The molecule has 0 aliphatic heterocycles. The van der Waals surface area contributed by atoms with E-state index in [-0.39, 0.29) is 12.5 Å². The highest BCUT2D eigenvalue weighted by molar-refractivity contribution is 5.81. The van der Waals surface area contributed by atoms with E-state index < -0.39 is 0 Å². The van der Waals surface area contributed by atoms with Crippen LogP contribution in [0, 0.1) is 0 Å². The van der Waals surface area contributed by atoms with E-state index in [9.17, 15) is 4.79 Å². The van der Waals surface area contributed by atoms with Gasteiger partial charge in [-0.2, -0.15) is 0 Å². The fourth-order valence-electron chi connectivity index (χ4n) is 2.03. The van der Waals surface area contributed by atoms with Gasteiger partial charge in [-0.15, -0.1) is 0 Å². The summed E-state index contributed by atoms with van der Waals surface area (Å²) in [5, 5.41) is 12.6. The number of benzene rings is 1. The zero-order chi connectivity index (χ0) is 13.5. The van der Waals surface area contributed by atoms with Crippen molar-refractivity contribution in [3.8, 4) is 0 Å². The van der Waals surface area contributed by atoms with E-state index in [0.717, 1.165) is 22.9 Å². The minimum atomic E-state index is -0.0118. The molecule has 0 bridgehead atoms. The number of pyridine rings is 1. The Morgan fingerprint density at radius 1 is 1.26 bits per heavy atom. The Kier molecular flexibility index (Phi) is 4.86. The normalized spacial score (nSPS) is 10.6. The van der Waals surface area contributed by atoms with Crippen LogP contribution in [0.2, 0.25) is 0 Å². The van der Waals surface area contributed by atoms with Gasteiger partial charge in [0, 0.05) is 31.2 Å². The molecule has 0 aliphatic rings. The Labute approximate surface area is 112 Å². The molecule has 0 saturated carbocycles. The van der Waals surface area contributed by atoms with Crippen LogP contribution in [0.4, 0.5) is 0 Å². The maximum absolute atomic E-state index is 11.4. The molecule has 0 spiro atoms. The van der Waals surface area contributed by atoms with Crippen molar-refractivity contribution in [3.05, 3.63) is 42.1 Å². The summed E-state index contributed by atoms with van der Waals surface area (Å²) in [4.78, 5) is 15.8. The van der Waals surface area contributed by atoms with Gasteiger partial charge in [0.1, 0.15) is 0 Å². The molecular weight excluding hydrogens is 240 g/mol. The number of carbonyl (C=O) groups excluding carboxylic acids is 1. The summed E-state index contributed by atoms with van der Waals surface area (Å²) in [6.45, 7) is 0.653. The monoisotopic (exact) mass is 258 g/mol. The zero-order valence-corrected chi connectivity index (χ0v) is 10.8. The minimum Gasteiger partial charge on any atom is -0.396 e. The maximum atomic E-state index is 11.4. The van der Waals surface area contributed by atoms with Gasteiger partial charge < -0.3 is 10.4 Å². The summed E-state index contributed by atoms with van der Waals surface area (Å²) in [6, 6.07) is 10.0. The van der Waals surface area contributed by atoms with E-state index in [1.54, 1.807) is 6.20 Å². The van der Waals surface area contributed by atoms with Gasteiger partial charge in [0.05, 0.1) is 5.52 Å². The first-order chi connectivity index (χ1) is 9.31. The number of hydrogen-bond acceptors (Lipinski definition) is 3. The molecule has 0 unspecified atom stereocenters. The average Bonchev–Trinajstić information content (AvgIpc) is 2.45. The molecule has 2 N–H and O–H groups in total. The number of aliphatic hydroxyl groups excluding tert-OH is 1. The molecule has 1 heterocycles. The number of carbonyl (C=O) groups is 1. The Bertz CT molecular complexity index is 549. The number of nitrogens with one attached hydrogen (secondary N) is 1. The van der Waals surface area contributed by atoms with Crippen LogP contribution in [0.5, 0.6) is 0 Å². The molecule has 1 aromatic carbocycles. The highest BCUT2D eigenvalue weighted by atomic mass is 16.3. The van der Waals surface area contributed by atoms with Crippen molar-refractivity contribution in [2.24, 2.45) is 0 Å². The second-order valence-electron chi connectivity index (χ2n) is 4.42. The molecule has 0 atom stereocenters. The molecule has 4 nitrogen and oxygen atoms in total. The van der Waals surface area contributed by atoms with Gasteiger partial charge in [0.25, 0.3) is 0 Å². The fourth-order valence-corrected chi connectivity index (χ4v) is 2.03. The van der Waals surface area contributed by atoms with Crippen LogP contribution in [-0.2, 0) is 11.2 Å². The molecule has 0 radical (unpaired) electrons. The number of fused-ring (bicyclic) bond motifs is 1. The smallest absolute Gasteiger partial charge is 0.220 e. The second-order valence-corrected chi connectivity index (χ2v) is 4.42. The van der Waals surface area contributed by atoms with Crippen LogP contribution < -0.4 is 5.32 Å². The summed E-state index contributed by atoms with van der Waals surface area (Å²) in [6.07, 6.45) is 3.44. The summed E-state index contributed by atoms with van der Waals surface area (Å²) >= 11 is 0. The lowest BCUT2D eigenvalue weighted by atomic mass is 10.1. The van der Waals surface area contributed by atoms with Crippen molar-refractivity contribution in [1.29, 1.82) is 0 Å². The first-order valence-corrected chi connectivity index (χ1v) is 6.51. The Balaban J connectivity index is 1.93. The van der Waals surface area contributed by atoms with Gasteiger partial charge >= 0.3 is 0 Å². The average molecular weight is 258 g/mol.